The number of hydrogen-bond donors (Lipinski definition) is 2. The van der Waals surface area contributed by atoms with Gasteiger partial charge in [-0.15, -0.1) is 0 Å². The van der Waals surface area contributed by atoms with E-state index < -0.39 is 0 Å². The Labute approximate surface area is 105 Å². The zero-order valence-electron chi connectivity index (χ0n) is 10.1. The fourth-order valence-electron chi connectivity index (χ4n) is 1.59. The van der Waals surface area contributed by atoms with Crippen molar-refractivity contribution in [2.45, 2.75) is 19.5 Å². The highest BCUT2D eigenvalue weighted by molar-refractivity contribution is 5.91. The molecule has 2 heterocycles. The van der Waals surface area contributed by atoms with Crippen molar-refractivity contribution >= 4 is 5.91 Å². The van der Waals surface area contributed by atoms with Crippen molar-refractivity contribution in [2.75, 3.05) is 0 Å². The summed E-state index contributed by atoms with van der Waals surface area (Å²) in [5.41, 5.74) is 6.36. The number of pyridine rings is 1. The topological polar surface area (TPSA) is 81.2 Å². The van der Waals surface area contributed by atoms with Gasteiger partial charge in [-0.2, -0.15) is 0 Å². The molecule has 2 rings (SSSR count). The molecule has 1 atom stereocenters. The van der Waals surface area contributed by atoms with Crippen molar-refractivity contribution in [3.8, 4) is 0 Å². The molecule has 0 aliphatic carbocycles. The molecular weight excluding hydrogens is 230 g/mol. The minimum Gasteiger partial charge on any atom is -0.455 e. The quantitative estimate of drug-likeness (QED) is 0.857. The van der Waals surface area contributed by atoms with Crippen molar-refractivity contribution in [1.29, 1.82) is 0 Å². The summed E-state index contributed by atoms with van der Waals surface area (Å²) in [6.45, 7) is 2.17. The fraction of sp³-hybridized carbons (Fsp3) is 0.231. The summed E-state index contributed by atoms with van der Waals surface area (Å²) in [5.74, 6) is 0.603. The molecule has 1 amide bonds. The normalized spacial score (nSPS) is 12.1. The van der Waals surface area contributed by atoms with Gasteiger partial charge in [0.05, 0.1) is 12.6 Å². The number of carbonyl (C=O) groups is 1. The summed E-state index contributed by atoms with van der Waals surface area (Å²) in [7, 11) is 0. The van der Waals surface area contributed by atoms with E-state index in [-0.39, 0.29) is 24.3 Å². The Morgan fingerprint density at radius 3 is 2.94 bits per heavy atom. The van der Waals surface area contributed by atoms with Gasteiger partial charge in [-0.05, 0) is 30.7 Å². The molecule has 0 aliphatic rings. The molecule has 2 aromatic heterocycles. The molecule has 5 nitrogen and oxygen atoms in total. The molecule has 18 heavy (non-hydrogen) atoms. The molecule has 0 bridgehead atoms. The number of rotatable bonds is 4. The van der Waals surface area contributed by atoms with Crippen molar-refractivity contribution in [3.05, 3.63) is 53.7 Å². The van der Waals surface area contributed by atoms with E-state index in [0.717, 1.165) is 5.56 Å². The highest BCUT2D eigenvalue weighted by Crippen LogP contribution is 2.12. The van der Waals surface area contributed by atoms with Gasteiger partial charge >= 0.3 is 0 Å². The maximum Gasteiger partial charge on any atom is 0.287 e. The molecule has 0 radical (unpaired) electrons. The first-order chi connectivity index (χ1) is 8.70. The van der Waals surface area contributed by atoms with Crippen molar-refractivity contribution in [1.82, 2.24) is 10.3 Å². The summed E-state index contributed by atoms with van der Waals surface area (Å²) in [4.78, 5) is 15.9. The van der Waals surface area contributed by atoms with E-state index in [1.165, 1.54) is 0 Å². The Bertz CT molecular complexity index is 522. The molecule has 0 saturated carbocycles. The van der Waals surface area contributed by atoms with Crippen LogP contribution in [0.3, 0.4) is 0 Å². The molecular formula is C13H15N3O2. The van der Waals surface area contributed by atoms with Crippen LogP contribution in [0.15, 0.2) is 41.1 Å². The largest absolute Gasteiger partial charge is 0.455 e. The van der Waals surface area contributed by atoms with Gasteiger partial charge in [-0.25, -0.2) is 0 Å². The second kappa shape index (κ2) is 5.46. The third-order valence-corrected chi connectivity index (χ3v) is 2.62. The number of nitrogens with one attached hydrogen (secondary N) is 1. The summed E-state index contributed by atoms with van der Waals surface area (Å²) >= 11 is 0. The maximum absolute atomic E-state index is 11.9. The van der Waals surface area contributed by atoms with Gasteiger partial charge in [0.15, 0.2) is 5.76 Å². The van der Waals surface area contributed by atoms with Crippen LogP contribution < -0.4 is 11.1 Å². The minimum absolute atomic E-state index is 0.127. The number of aromatic nitrogens is 1. The summed E-state index contributed by atoms with van der Waals surface area (Å²) in [5, 5.41) is 2.84. The number of nitrogens with two attached hydrogens (primary N) is 1. The first-order valence-corrected chi connectivity index (χ1v) is 5.70. The second-order valence-corrected chi connectivity index (χ2v) is 3.95. The predicted octanol–water partition coefficient (Wildman–Crippen LogP) is 1.62. The lowest BCUT2D eigenvalue weighted by molar-refractivity contribution is 0.0910. The third kappa shape index (κ3) is 2.75. The SMILES string of the molecule is C[C@H](NC(=O)c1ccc(CN)o1)c1cccnc1. The third-order valence-electron chi connectivity index (χ3n) is 2.62. The maximum atomic E-state index is 11.9. The Morgan fingerprint density at radius 2 is 2.33 bits per heavy atom. The minimum atomic E-state index is -0.258. The lowest BCUT2D eigenvalue weighted by Gasteiger charge is -2.12. The van der Waals surface area contributed by atoms with E-state index in [2.05, 4.69) is 10.3 Å². The smallest absolute Gasteiger partial charge is 0.287 e. The van der Waals surface area contributed by atoms with Crippen LogP contribution in [-0.4, -0.2) is 10.9 Å². The van der Waals surface area contributed by atoms with Gasteiger partial charge in [0.25, 0.3) is 5.91 Å². The lowest BCUT2D eigenvalue weighted by atomic mass is 10.1. The Kier molecular flexibility index (Phi) is 3.74. The molecule has 0 unspecified atom stereocenters. The molecule has 0 fully saturated rings. The first kappa shape index (κ1) is 12.3. The van der Waals surface area contributed by atoms with Gasteiger partial charge in [0.1, 0.15) is 5.76 Å². The molecule has 0 aliphatic heterocycles. The summed E-state index contributed by atoms with van der Waals surface area (Å²) < 4.78 is 5.28. The van der Waals surface area contributed by atoms with Gasteiger partial charge in [-0.1, -0.05) is 6.07 Å². The van der Waals surface area contributed by atoms with E-state index in [4.69, 9.17) is 10.2 Å². The van der Waals surface area contributed by atoms with Crippen LogP contribution in [0.5, 0.6) is 0 Å². The average molecular weight is 245 g/mol. The molecule has 0 aromatic carbocycles. The van der Waals surface area contributed by atoms with Crippen LogP contribution in [0.4, 0.5) is 0 Å². The predicted molar refractivity (Wildman–Crippen MR) is 66.7 cm³/mol. The van der Waals surface area contributed by atoms with Crippen LogP contribution >= 0.6 is 0 Å². The van der Waals surface area contributed by atoms with Crippen LogP contribution in [0, 0.1) is 0 Å². The van der Waals surface area contributed by atoms with Gasteiger partial charge in [0, 0.05) is 12.4 Å². The van der Waals surface area contributed by atoms with E-state index >= 15 is 0 Å². The monoisotopic (exact) mass is 245 g/mol. The van der Waals surface area contributed by atoms with E-state index in [9.17, 15) is 4.79 Å². The summed E-state index contributed by atoms with van der Waals surface area (Å²) in [6.07, 6.45) is 3.41. The number of carbonyl (C=O) groups excluding carboxylic acids is 1. The van der Waals surface area contributed by atoms with Crippen molar-refractivity contribution < 1.29 is 9.21 Å². The Morgan fingerprint density at radius 1 is 1.50 bits per heavy atom. The number of nitrogens with zero attached hydrogens (tertiary/aromatic N) is 1. The zero-order chi connectivity index (χ0) is 13.0. The van der Waals surface area contributed by atoms with E-state index in [0.29, 0.717) is 5.76 Å². The molecule has 2 aromatic rings. The van der Waals surface area contributed by atoms with E-state index in [1.54, 1.807) is 24.5 Å². The fourth-order valence-corrected chi connectivity index (χ4v) is 1.59. The lowest BCUT2D eigenvalue weighted by Crippen LogP contribution is -2.26. The van der Waals surface area contributed by atoms with Crippen molar-refractivity contribution in [3.63, 3.8) is 0 Å². The van der Waals surface area contributed by atoms with Crippen LogP contribution in [0.1, 0.15) is 34.8 Å². The highest BCUT2D eigenvalue weighted by atomic mass is 16.4. The van der Waals surface area contributed by atoms with Crippen molar-refractivity contribution in [2.24, 2.45) is 5.73 Å². The molecule has 0 spiro atoms. The molecule has 5 heteroatoms. The van der Waals surface area contributed by atoms with Gasteiger partial charge < -0.3 is 15.5 Å². The van der Waals surface area contributed by atoms with Gasteiger partial charge in [0.2, 0.25) is 0 Å². The zero-order valence-corrected chi connectivity index (χ0v) is 10.1. The van der Waals surface area contributed by atoms with Gasteiger partial charge in [-0.3, -0.25) is 9.78 Å². The standard InChI is InChI=1S/C13H15N3O2/c1-9(10-3-2-6-15-8-10)16-13(17)12-5-4-11(7-14)18-12/h2-6,8-9H,7,14H2,1H3,(H,16,17)/t9-/m0/s1. The van der Waals surface area contributed by atoms with E-state index in [1.807, 2.05) is 19.1 Å². The summed E-state index contributed by atoms with van der Waals surface area (Å²) in [6, 6.07) is 6.93. The molecule has 94 valence electrons. The number of amides is 1. The number of furan rings is 1. The Hall–Kier alpha value is -2.14. The molecule has 3 N–H and O–H groups in total. The van der Waals surface area contributed by atoms with Crippen LogP contribution in [0.25, 0.3) is 0 Å². The highest BCUT2D eigenvalue weighted by Gasteiger charge is 2.14. The molecule has 0 saturated heterocycles. The Balaban J connectivity index is 2.03. The average Bonchev–Trinajstić information content (AvgIpc) is 2.88. The second-order valence-electron chi connectivity index (χ2n) is 3.95. The van der Waals surface area contributed by atoms with Crippen LogP contribution in [0.2, 0.25) is 0 Å². The number of hydrogen-bond acceptors (Lipinski definition) is 4. The first-order valence-electron chi connectivity index (χ1n) is 5.70. The van der Waals surface area contributed by atoms with Crippen LogP contribution in [-0.2, 0) is 6.54 Å².